The minimum atomic E-state index is -0.341. The van der Waals surface area contributed by atoms with Crippen LogP contribution in [-0.2, 0) is 0 Å². The van der Waals surface area contributed by atoms with Crippen LogP contribution in [-0.4, -0.2) is 39.1 Å². The summed E-state index contributed by atoms with van der Waals surface area (Å²) in [5, 5.41) is 23.2. The standard InChI is InChI=1S/C12H14N4O3/c1-8-2-3-10-15-11(13-4-5-17)9(6-14-19)12(18)16(10)7-8/h2-3,6-7,13,17,19H,4-5H2,1H3/b14-6-. The molecule has 0 fully saturated rings. The number of aliphatic hydroxyl groups excluding tert-OH is 1. The van der Waals surface area contributed by atoms with Crippen LogP contribution in [0.3, 0.4) is 0 Å². The molecule has 2 heterocycles. The van der Waals surface area contributed by atoms with Crippen LogP contribution in [0.2, 0.25) is 0 Å². The van der Waals surface area contributed by atoms with Gasteiger partial charge in [-0.05, 0) is 18.6 Å². The van der Waals surface area contributed by atoms with E-state index in [2.05, 4.69) is 15.5 Å². The molecule has 0 radical (unpaired) electrons. The molecule has 0 unspecified atom stereocenters. The smallest absolute Gasteiger partial charge is 0.268 e. The van der Waals surface area contributed by atoms with Gasteiger partial charge in [0.1, 0.15) is 17.0 Å². The van der Waals surface area contributed by atoms with Gasteiger partial charge in [0.2, 0.25) is 0 Å². The molecular weight excluding hydrogens is 248 g/mol. The summed E-state index contributed by atoms with van der Waals surface area (Å²) >= 11 is 0. The van der Waals surface area contributed by atoms with Gasteiger partial charge in [0.15, 0.2) is 0 Å². The van der Waals surface area contributed by atoms with Gasteiger partial charge in [-0.1, -0.05) is 11.2 Å². The topological polar surface area (TPSA) is 99.2 Å². The summed E-state index contributed by atoms with van der Waals surface area (Å²) in [5.41, 5.74) is 1.19. The molecule has 0 saturated carbocycles. The number of nitrogens with one attached hydrogen (secondary N) is 1. The quantitative estimate of drug-likeness (QED) is 0.416. The van der Waals surface area contributed by atoms with Crippen molar-refractivity contribution >= 4 is 17.7 Å². The van der Waals surface area contributed by atoms with E-state index in [-0.39, 0.29) is 30.1 Å². The van der Waals surface area contributed by atoms with Gasteiger partial charge in [0.25, 0.3) is 5.56 Å². The number of aryl methyl sites for hydroxylation is 1. The lowest BCUT2D eigenvalue weighted by Crippen LogP contribution is -2.23. The monoisotopic (exact) mass is 262 g/mol. The molecule has 7 heteroatoms. The Labute approximate surface area is 108 Å². The van der Waals surface area contributed by atoms with Crippen molar-refractivity contribution in [2.45, 2.75) is 6.92 Å². The van der Waals surface area contributed by atoms with Crippen molar-refractivity contribution in [2.75, 3.05) is 18.5 Å². The molecule has 0 bridgehead atoms. The normalized spacial score (nSPS) is 11.3. The number of aliphatic hydroxyl groups is 1. The molecule has 100 valence electrons. The lowest BCUT2D eigenvalue weighted by atomic mass is 10.2. The lowest BCUT2D eigenvalue weighted by Gasteiger charge is -2.09. The minimum absolute atomic E-state index is 0.0926. The Hall–Kier alpha value is -2.41. The number of nitrogens with zero attached hydrogens (tertiary/aromatic N) is 3. The Kier molecular flexibility index (Phi) is 3.76. The number of hydrogen-bond donors (Lipinski definition) is 3. The maximum Gasteiger partial charge on any atom is 0.268 e. The second kappa shape index (κ2) is 5.49. The van der Waals surface area contributed by atoms with Gasteiger partial charge in [-0.2, -0.15) is 0 Å². The summed E-state index contributed by atoms with van der Waals surface area (Å²) in [6, 6.07) is 3.57. The van der Waals surface area contributed by atoms with E-state index in [0.29, 0.717) is 5.65 Å². The Balaban J connectivity index is 2.70. The van der Waals surface area contributed by atoms with Crippen molar-refractivity contribution in [3.05, 3.63) is 39.8 Å². The highest BCUT2D eigenvalue weighted by molar-refractivity contribution is 5.86. The lowest BCUT2D eigenvalue weighted by molar-refractivity contribution is 0.311. The van der Waals surface area contributed by atoms with Gasteiger partial charge in [-0.25, -0.2) is 4.98 Å². The average molecular weight is 262 g/mol. The first-order valence-corrected chi connectivity index (χ1v) is 5.72. The zero-order chi connectivity index (χ0) is 13.8. The summed E-state index contributed by atoms with van der Waals surface area (Å²) in [6.45, 7) is 2.02. The average Bonchev–Trinajstić information content (AvgIpc) is 2.41. The molecule has 2 aromatic heterocycles. The molecule has 2 rings (SSSR count). The summed E-state index contributed by atoms with van der Waals surface area (Å²) in [4.78, 5) is 16.5. The fourth-order valence-corrected chi connectivity index (χ4v) is 1.74. The second-order valence-corrected chi connectivity index (χ2v) is 4.01. The molecule has 0 atom stereocenters. The number of oxime groups is 1. The van der Waals surface area contributed by atoms with Crippen molar-refractivity contribution in [3.63, 3.8) is 0 Å². The summed E-state index contributed by atoms with van der Waals surface area (Å²) in [5.74, 6) is 0.278. The first-order valence-electron chi connectivity index (χ1n) is 5.72. The molecular formula is C12H14N4O3. The molecule has 0 spiro atoms. The predicted octanol–water partition coefficient (Wildman–Crippen LogP) is 0.215. The molecule has 0 aliphatic heterocycles. The van der Waals surface area contributed by atoms with E-state index >= 15 is 0 Å². The molecule has 0 saturated heterocycles. The first kappa shape index (κ1) is 13.0. The SMILES string of the molecule is Cc1ccc2nc(NCCO)c(/C=N\O)c(=O)n2c1. The third kappa shape index (κ3) is 2.55. The largest absolute Gasteiger partial charge is 0.411 e. The van der Waals surface area contributed by atoms with Crippen LogP contribution in [0.5, 0.6) is 0 Å². The van der Waals surface area contributed by atoms with E-state index in [9.17, 15) is 4.79 Å². The second-order valence-electron chi connectivity index (χ2n) is 4.01. The van der Waals surface area contributed by atoms with E-state index in [1.54, 1.807) is 12.3 Å². The third-order valence-electron chi connectivity index (χ3n) is 2.60. The van der Waals surface area contributed by atoms with Crippen LogP contribution < -0.4 is 10.9 Å². The molecule has 7 nitrogen and oxygen atoms in total. The molecule has 3 N–H and O–H groups in total. The molecule has 0 aliphatic rings. The van der Waals surface area contributed by atoms with Crippen molar-refractivity contribution < 1.29 is 10.3 Å². The maximum atomic E-state index is 12.3. The van der Waals surface area contributed by atoms with Gasteiger partial charge in [0.05, 0.1) is 12.8 Å². The van der Waals surface area contributed by atoms with E-state index < -0.39 is 0 Å². The van der Waals surface area contributed by atoms with E-state index in [4.69, 9.17) is 10.3 Å². The van der Waals surface area contributed by atoms with Crippen LogP contribution in [0.25, 0.3) is 5.65 Å². The highest BCUT2D eigenvalue weighted by Gasteiger charge is 2.11. The fourth-order valence-electron chi connectivity index (χ4n) is 1.74. The number of pyridine rings is 1. The minimum Gasteiger partial charge on any atom is -0.411 e. The number of rotatable bonds is 4. The van der Waals surface area contributed by atoms with Crippen LogP contribution in [0, 0.1) is 6.92 Å². The van der Waals surface area contributed by atoms with E-state index in [1.165, 1.54) is 4.40 Å². The maximum absolute atomic E-state index is 12.3. The van der Waals surface area contributed by atoms with Crippen LogP contribution in [0.4, 0.5) is 5.82 Å². The molecule has 2 aromatic rings. The molecule has 0 aromatic carbocycles. The highest BCUT2D eigenvalue weighted by atomic mass is 16.4. The van der Waals surface area contributed by atoms with Crippen LogP contribution >= 0.6 is 0 Å². The Morgan fingerprint density at radius 3 is 3.00 bits per heavy atom. The van der Waals surface area contributed by atoms with Gasteiger partial charge in [-0.3, -0.25) is 9.20 Å². The molecule has 0 amide bonds. The summed E-state index contributed by atoms with van der Waals surface area (Å²) in [6.07, 6.45) is 2.69. The molecule has 19 heavy (non-hydrogen) atoms. The Bertz CT molecular complexity index is 678. The fraction of sp³-hybridized carbons (Fsp3) is 0.250. The Morgan fingerprint density at radius 2 is 2.32 bits per heavy atom. The van der Waals surface area contributed by atoms with Gasteiger partial charge in [0, 0.05) is 12.7 Å². The van der Waals surface area contributed by atoms with Gasteiger partial charge in [-0.15, -0.1) is 0 Å². The van der Waals surface area contributed by atoms with Crippen LogP contribution in [0.1, 0.15) is 11.1 Å². The number of aromatic nitrogens is 2. The predicted molar refractivity (Wildman–Crippen MR) is 71.2 cm³/mol. The van der Waals surface area contributed by atoms with Crippen LogP contribution in [0.15, 0.2) is 28.3 Å². The Morgan fingerprint density at radius 1 is 1.53 bits per heavy atom. The van der Waals surface area contributed by atoms with E-state index in [0.717, 1.165) is 11.8 Å². The van der Waals surface area contributed by atoms with Crippen molar-refractivity contribution in [1.82, 2.24) is 9.38 Å². The number of hydrogen-bond acceptors (Lipinski definition) is 6. The zero-order valence-corrected chi connectivity index (χ0v) is 10.4. The van der Waals surface area contributed by atoms with Crippen molar-refractivity contribution in [1.29, 1.82) is 0 Å². The third-order valence-corrected chi connectivity index (χ3v) is 2.60. The zero-order valence-electron chi connectivity index (χ0n) is 10.4. The number of fused-ring (bicyclic) bond motifs is 1. The van der Waals surface area contributed by atoms with Gasteiger partial charge < -0.3 is 15.6 Å². The van der Waals surface area contributed by atoms with Crippen molar-refractivity contribution in [2.24, 2.45) is 5.16 Å². The molecule has 0 aliphatic carbocycles. The summed E-state index contributed by atoms with van der Waals surface area (Å²) in [7, 11) is 0. The van der Waals surface area contributed by atoms with Crippen molar-refractivity contribution in [3.8, 4) is 0 Å². The highest BCUT2D eigenvalue weighted by Crippen LogP contribution is 2.09. The number of anilines is 1. The first-order chi connectivity index (χ1) is 9.17. The van der Waals surface area contributed by atoms with E-state index in [1.807, 2.05) is 13.0 Å². The summed E-state index contributed by atoms with van der Waals surface area (Å²) < 4.78 is 1.39. The van der Waals surface area contributed by atoms with Gasteiger partial charge >= 0.3 is 0 Å².